The molecule has 224 valence electrons. The molecule has 0 saturated heterocycles. The Morgan fingerprint density at radius 1 is 0.312 bits per heavy atom. The van der Waals surface area contributed by atoms with Crippen molar-refractivity contribution in [1.82, 2.24) is 15.0 Å². The number of hydrogen-bond acceptors (Lipinski definition) is 5. The van der Waals surface area contributed by atoms with E-state index in [2.05, 4.69) is 84.9 Å². The normalized spacial score (nSPS) is 11.8. The van der Waals surface area contributed by atoms with E-state index >= 15 is 0 Å². The average molecular weight is 616 g/mol. The van der Waals surface area contributed by atoms with Crippen LogP contribution in [0.4, 0.5) is 0 Å². The molecule has 5 heteroatoms. The van der Waals surface area contributed by atoms with Crippen LogP contribution < -0.4 is 0 Å². The van der Waals surface area contributed by atoms with Gasteiger partial charge in [-0.05, 0) is 64.4 Å². The molecule has 0 fully saturated rings. The van der Waals surface area contributed by atoms with E-state index in [0.717, 1.165) is 66.1 Å². The van der Waals surface area contributed by atoms with Crippen LogP contribution >= 0.6 is 0 Å². The van der Waals surface area contributed by atoms with Crippen LogP contribution in [0.2, 0.25) is 0 Å². The van der Waals surface area contributed by atoms with Crippen molar-refractivity contribution >= 4 is 54.6 Å². The highest BCUT2D eigenvalue weighted by Gasteiger charge is 2.17. The van der Waals surface area contributed by atoms with Gasteiger partial charge >= 0.3 is 0 Å². The van der Waals surface area contributed by atoms with Gasteiger partial charge in [-0.2, -0.15) is 0 Å². The molecule has 0 aliphatic rings. The smallest absolute Gasteiger partial charge is 0.164 e. The molecule has 0 radical (unpaired) electrons. The third-order valence-corrected chi connectivity index (χ3v) is 9.13. The summed E-state index contributed by atoms with van der Waals surface area (Å²) in [6.07, 6.45) is 0. The Kier molecular flexibility index (Phi) is 5.81. The van der Waals surface area contributed by atoms with Gasteiger partial charge in [0.1, 0.15) is 22.3 Å². The van der Waals surface area contributed by atoms with Crippen molar-refractivity contribution in [2.45, 2.75) is 0 Å². The minimum Gasteiger partial charge on any atom is -0.456 e. The SMILES string of the molecule is c1ccc(-c2nc(-c3ccc4c(c3)oc3ccccc34)nc(-c3ccc4c(c3)oc3ccc(-c5cccc6ccccc56)cc34)n2)cc1. The lowest BCUT2D eigenvalue weighted by Gasteiger charge is -2.08. The highest BCUT2D eigenvalue weighted by atomic mass is 16.3. The molecule has 5 nitrogen and oxygen atoms in total. The lowest BCUT2D eigenvalue weighted by molar-refractivity contribution is 0.668. The Hall–Kier alpha value is -6.59. The second-order valence-electron chi connectivity index (χ2n) is 12.0. The minimum atomic E-state index is 0.572. The predicted molar refractivity (Wildman–Crippen MR) is 194 cm³/mol. The van der Waals surface area contributed by atoms with Gasteiger partial charge in [-0.25, -0.2) is 15.0 Å². The number of benzene rings is 7. The van der Waals surface area contributed by atoms with Crippen molar-refractivity contribution in [3.63, 3.8) is 0 Å². The van der Waals surface area contributed by atoms with Crippen LogP contribution in [0.1, 0.15) is 0 Å². The van der Waals surface area contributed by atoms with Crippen molar-refractivity contribution in [3.05, 3.63) is 152 Å². The molecule has 3 aromatic heterocycles. The zero-order valence-electron chi connectivity index (χ0n) is 25.6. The molecule has 10 rings (SSSR count). The van der Waals surface area contributed by atoms with E-state index in [0.29, 0.717) is 17.5 Å². The lowest BCUT2D eigenvalue weighted by atomic mass is 9.97. The first-order valence-corrected chi connectivity index (χ1v) is 15.9. The van der Waals surface area contributed by atoms with Gasteiger partial charge in [-0.1, -0.05) is 109 Å². The van der Waals surface area contributed by atoms with Gasteiger partial charge in [0.05, 0.1) is 0 Å². The lowest BCUT2D eigenvalue weighted by Crippen LogP contribution is -2.00. The minimum absolute atomic E-state index is 0.572. The van der Waals surface area contributed by atoms with Crippen LogP contribution in [0, 0.1) is 0 Å². The highest BCUT2D eigenvalue weighted by Crippen LogP contribution is 2.37. The number of nitrogens with zero attached hydrogens (tertiary/aromatic N) is 3. The van der Waals surface area contributed by atoms with Gasteiger partial charge in [0, 0.05) is 38.2 Å². The molecule has 10 aromatic rings. The number of furan rings is 2. The Morgan fingerprint density at radius 2 is 0.854 bits per heavy atom. The van der Waals surface area contributed by atoms with E-state index < -0.39 is 0 Å². The van der Waals surface area contributed by atoms with Gasteiger partial charge in [-0.3, -0.25) is 0 Å². The maximum absolute atomic E-state index is 6.42. The number of fused-ring (bicyclic) bond motifs is 7. The summed E-state index contributed by atoms with van der Waals surface area (Å²) in [4.78, 5) is 14.9. The number of hydrogen-bond donors (Lipinski definition) is 0. The molecule has 0 atom stereocenters. The van der Waals surface area contributed by atoms with Crippen molar-refractivity contribution in [2.75, 3.05) is 0 Å². The first-order chi connectivity index (χ1) is 23.7. The zero-order valence-corrected chi connectivity index (χ0v) is 25.6. The maximum atomic E-state index is 6.42. The van der Waals surface area contributed by atoms with Crippen molar-refractivity contribution in [2.24, 2.45) is 0 Å². The van der Waals surface area contributed by atoms with Crippen molar-refractivity contribution in [3.8, 4) is 45.3 Å². The van der Waals surface area contributed by atoms with Crippen LogP contribution in [0.25, 0.3) is 99.9 Å². The van der Waals surface area contributed by atoms with Crippen LogP contribution in [0.3, 0.4) is 0 Å². The number of para-hydroxylation sites is 1. The van der Waals surface area contributed by atoms with E-state index in [1.807, 2.05) is 66.7 Å². The summed E-state index contributed by atoms with van der Waals surface area (Å²) >= 11 is 0. The first-order valence-electron chi connectivity index (χ1n) is 15.9. The molecule has 0 unspecified atom stereocenters. The van der Waals surface area contributed by atoms with Crippen molar-refractivity contribution in [1.29, 1.82) is 0 Å². The second-order valence-corrected chi connectivity index (χ2v) is 12.0. The molecule has 48 heavy (non-hydrogen) atoms. The number of aromatic nitrogens is 3. The van der Waals surface area contributed by atoms with E-state index in [1.54, 1.807) is 0 Å². The first kappa shape index (κ1) is 26.6. The standard InChI is InChI=1S/C43H25N3O2/c1-2-10-27(11-3-1)41-44-42(29-17-20-34-33-14-6-7-16-37(33)47-39(34)24-29)46-43(45-41)30-18-21-35-36-23-28(19-22-38(36)48-40(35)25-30)32-15-8-12-26-9-4-5-13-31(26)32/h1-25H. The Labute approximate surface area is 274 Å². The summed E-state index contributed by atoms with van der Waals surface area (Å²) in [5.41, 5.74) is 8.25. The summed E-state index contributed by atoms with van der Waals surface area (Å²) in [7, 11) is 0. The largest absolute Gasteiger partial charge is 0.456 e. The predicted octanol–water partition coefficient (Wildman–Crippen LogP) is 11.5. The Balaban J connectivity index is 1.11. The molecular weight excluding hydrogens is 590 g/mol. The van der Waals surface area contributed by atoms with Crippen LogP contribution in [-0.2, 0) is 0 Å². The third-order valence-electron chi connectivity index (χ3n) is 9.13. The average Bonchev–Trinajstić information content (AvgIpc) is 3.72. The summed E-state index contributed by atoms with van der Waals surface area (Å²) in [5.74, 6) is 1.75. The van der Waals surface area contributed by atoms with Crippen molar-refractivity contribution < 1.29 is 8.83 Å². The molecule has 3 heterocycles. The maximum Gasteiger partial charge on any atom is 0.164 e. The fourth-order valence-corrected chi connectivity index (χ4v) is 6.78. The molecule has 0 aliphatic heterocycles. The third kappa shape index (κ3) is 4.29. The molecular formula is C43H25N3O2. The molecule has 0 N–H and O–H groups in total. The topological polar surface area (TPSA) is 65.0 Å². The molecule has 0 spiro atoms. The van der Waals surface area contributed by atoms with Gasteiger partial charge in [0.15, 0.2) is 17.5 Å². The fraction of sp³-hybridized carbons (Fsp3) is 0. The monoisotopic (exact) mass is 615 g/mol. The highest BCUT2D eigenvalue weighted by molar-refractivity contribution is 6.09. The van der Waals surface area contributed by atoms with Crippen LogP contribution in [0.5, 0.6) is 0 Å². The van der Waals surface area contributed by atoms with E-state index in [4.69, 9.17) is 23.8 Å². The summed E-state index contributed by atoms with van der Waals surface area (Å²) < 4.78 is 12.6. The molecule has 7 aromatic carbocycles. The molecule has 0 amide bonds. The molecule has 0 bridgehead atoms. The summed E-state index contributed by atoms with van der Waals surface area (Å²) in [6, 6.07) is 51.8. The Morgan fingerprint density at radius 3 is 1.60 bits per heavy atom. The van der Waals surface area contributed by atoms with Gasteiger partial charge in [0.2, 0.25) is 0 Å². The number of rotatable bonds is 4. The van der Waals surface area contributed by atoms with E-state index in [9.17, 15) is 0 Å². The van der Waals surface area contributed by atoms with Gasteiger partial charge in [0.25, 0.3) is 0 Å². The van der Waals surface area contributed by atoms with Gasteiger partial charge < -0.3 is 8.83 Å². The second kappa shape index (κ2) is 10.5. The van der Waals surface area contributed by atoms with Crippen LogP contribution in [-0.4, -0.2) is 15.0 Å². The molecule has 0 saturated carbocycles. The van der Waals surface area contributed by atoms with E-state index in [-0.39, 0.29) is 0 Å². The zero-order chi connectivity index (χ0) is 31.6. The summed E-state index contributed by atoms with van der Waals surface area (Å²) in [6.45, 7) is 0. The Bertz CT molecular complexity index is 2840. The molecule has 0 aliphatic carbocycles. The van der Waals surface area contributed by atoms with Crippen LogP contribution in [0.15, 0.2) is 160 Å². The van der Waals surface area contributed by atoms with E-state index in [1.165, 1.54) is 16.3 Å². The quantitative estimate of drug-likeness (QED) is 0.197. The fourth-order valence-electron chi connectivity index (χ4n) is 6.78. The summed E-state index contributed by atoms with van der Waals surface area (Å²) in [5, 5.41) is 6.72. The van der Waals surface area contributed by atoms with Gasteiger partial charge in [-0.15, -0.1) is 0 Å².